The molecule has 0 aromatic heterocycles. The Labute approximate surface area is 200 Å². The van der Waals surface area contributed by atoms with Crippen molar-refractivity contribution in [3.63, 3.8) is 0 Å². The largest absolute Gasteiger partial charge is 0.496 e. The number of carboxylic acid groups (broad SMARTS) is 1. The summed E-state index contributed by atoms with van der Waals surface area (Å²) < 4.78 is 51.2. The Bertz CT molecular complexity index is 1200. The molecule has 0 fully saturated rings. The smallest absolute Gasteiger partial charge is 0.416 e. The molecular formula is C26H24F3NO5. The molecule has 0 aliphatic rings. The molecule has 0 spiro atoms. The second-order valence-electron chi connectivity index (χ2n) is 7.77. The SMILES string of the molecule is COc1ccc(CC(=O)O)cc1-c1ccc(C(F)(F)F)cc1CNC(=O)C(C)Oc1ccccc1. The summed E-state index contributed by atoms with van der Waals surface area (Å²) in [4.78, 5) is 23.8. The van der Waals surface area contributed by atoms with Crippen molar-refractivity contribution in [1.82, 2.24) is 5.32 Å². The van der Waals surface area contributed by atoms with Crippen molar-refractivity contribution in [2.75, 3.05) is 7.11 Å². The lowest BCUT2D eigenvalue weighted by Crippen LogP contribution is -2.36. The van der Waals surface area contributed by atoms with Crippen LogP contribution in [-0.2, 0) is 28.7 Å². The molecule has 184 valence electrons. The fourth-order valence-electron chi connectivity index (χ4n) is 3.51. The molecule has 1 amide bonds. The van der Waals surface area contributed by atoms with Gasteiger partial charge < -0.3 is 19.9 Å². The van der Waals surface area contributed by atoms with Gasteiger partial charge in [-0.05, 0) is 60.0 Å². The van der Waals surface area contributed by atoms with Gasteiger partial charge in [-0.3, -0.25) is 9.59 Å². The number of rotatable bonds is 9. The molecule has 1 unspecified atom stereocenters. The number of ether oxygens (including phenoxy) is 2. The molecule has 3 aromatic rings. The third-order valence-corrected chi connectivity index (χ3v) is 5.22. The number of aliphatic carboxylic acids is 1. The number of carbonyl (C=O) groups excluding carboxylic acids is 1. The van der Waals surface area contributed by atoms with E-state index in [1.165, 1.54) is 20.1 Å². The molecule has 0 radical (unpaired) electrons. The highest BCUT2D eigenvalue weighted by Crippen LogP contribution is 2.37. The van der Waals surface area contributed by atoms with E-state index in [-0.39, 0.29) is 18.5 Å². The van der Waals surface area contributed by atoms with Crippen molar-refractivity contribution in [1.29, 1.82) is 0 Å². The molecule has 2 N–H and O–H groups in total. The van der Waals surface area contributed by atoms with Gasteiger partial charge in [0.05, 0.1) is 19.1 Å². The monoisotopic (exact) mass is 487 g/mol. The van der Waals surface area contributed by atoms with E-state index in [4.69, 9.17) is 14.6 Å². The van der Waals surface area contributed by atoms with Gasteiger partial charge in [-0.1, -0.05) is 30.3 Å². The van der Waals surface area contributed by atoms with Gasteiger partial charge >= 0.3 is 12.1 Å². The van der Waals surface area contributed by atoms with E-state index in [9.17, 15) is 22.8 Å². The number of amides is 1. The molecule has 35 heavy (non-hydrogen) atoms. The number of hydrogen-bond donors (Lipinski definition) is 2. The zero-order valence-electron chi connectivity index (χ0n) is 19.1. The van der Waals surface area contributed by atoms with Crippen LogP contribution >= 0.6 is 0 Å². The summed E-state index contributed by atoms with van der Waals surface area (Å²) in [6.45, 7) is 1.32. The molecule has 9 heteroatoms. The van der Waals surface area contributed by atoms with Gasteiger partial charge in [0.2, 0.25) is 0 Å². The maximum atomic E-state index is 13.4. The quantitative estimate of drug-likeness (QED) is 0.439. The molecule has 3 aromatic carbocycles. The second-order valence-corrected chi connectivity index (χ2v) is 7.77. The van der Waals surface area contributed by atoms with Crippen LogP contribution in [0.15, 0.2) is 66.7 Å². The average Bonchev–Trinajstić information content (AvgIpc) is 2.82. The molecule has 0 bridgehead atoms. The number of para-hydroxylation sites is 1. The predicted octanol–water partition coefficient (Wildman–Crippen LogP) is 5.09. The standard InChI is InChI=1S/C26H24F3NO5/c1-16(35-20-6-4-3-5-7-20)25(33)30-15-18-14-19(26(27,28)29)9-10-21(18)22-12-17(13-24(31)32)8-11-23(22)34-2/h3-12,14,16H,13,15H2,1-2H3,(H,30,33)(H,31,32). The lowest BCUT2D eigenvalue weighted by molar-refractivity contribution is -0.138. The van der Waals surface area contributed by atoms with Crippen LogP contribution in [0.4, 0.5) is 13.2 Å². The molecule has 1 atom stereocenters. The first-order chi connectivity index (χ1) is 16.6. The highest BCUT2D eigenvalue weighted by molar-refractivity contribution is 5.81. The van der Waals surface area contributed by atoms with Gasteiger partial charge in [0.1, 0.15) is 11.5 Å². The van der Waals surface area contributed by atoms with Gasteiger partial charge in [0.25, 0.3) is 5.91 Å². The Morgan fingerprint density at radius 1 is 1.00 bits per heavy atom. The molecule has 6 nitrogen and oxygen atoms in total. The molecule has 3 rings (SSSR count). The van der Waals surface area contributed by atoms with Gasteiger partial charge in [-0.25, -0.2) is 0 Å². The highest BCUT2D eigenvalue weighted by Gasteiger charge is 2.31. The maximum absolute atomic E-state index is 13.4. The van der Waals surface area contributed by atoms with Crippen LogP contribution in [0, 0.1) is 0 Å². The number of carboxylic acids is 1. The van der Waals surface area contributed by atoms with E-state index in [1.54, 1.807) is 48.5 Å². The summed E-state index contributed by atoms with van der Waals surface area (Å²) in [6, 6.07) is 16.5. The van der Waals surface area contributed by atoms with Crippen LogP contribution < -0.4 is 14.8 Å². The van der Waals surface area contributed by atoms with Crippen molar-refractivity contribution >= 4 is 11.9 Å². The van der Waals surface area contributed by atoms with E-state index >= 15 is 0 Å². The van der Waals surface area contributed by atoms with E-state index in [0.717, 1.165) is 12.1 Å². The van der Waals surface area contributed by atoms with Gasteiger partial charge in [-0.15, -0.1) is 0 Å². The first-order valence-corrected chi connectivity index (χ1v) is 10.7. The van der Waals surface area contributed by atoms with E-state index in [1.807, 2.05) is 0 Å². The summed E-state index contributed by atoms with van der Waals surface area (Å²) in [5, 5.41) is 11.7. The summed E-state index contributed by atoms with van der Waals surface area (Å²) in [6.07, 6.45) is -5.74. The van der Waals surface area contributed by atoms with E-state index in [2.05, 4.69) is 5.32 Å². The highest BCUT2D eigenvalue weighted by atomic mass is 19.4. The van der Waals surface area contributed by atoms with Crippen LogP contribution in [0.1, 0.15) is 23.6 Å². The minimum Gasteiger partial charge on any atom is -0.496 e. The Kier molecular flexibility index (Phi) is 8.01. The van der Waals surface area contributed by atoms with Crippen molar-refractivity contribution in [3.8, 4) is 22.6 Å². The van der Waals surface area contributed by atoms with Crippen molar-refractivity contribution < 1.29 is 37.3 Å². The van der Waals surface area contributed by atoms with E-state index in [0.29, 0.717) is 28.2 Å². The van der Waals surface area contributed by atoms with Crippen LogP contribution in [0.25, 0.3) is 11.1 Å². The van der Waals surface area contributed by atoms with Crippen molar-refractivity contribution in [2.45, 2.75) is 32.2 Å². The normalized spacial score (nSPS) is 12.0. The molecule has 0 saturated carbocycles. The Hall–Kier alpha value is -4.01. The average molecular weight is 487 g/mol. The number of carbonyl (C=O) groups is 2. The zero-order valence-corrected chi connectivity index (χ0v) is 19.1. The number of methoxy groups -OCH3 is 1. The van der Waals surface area contributed by atoms with Crippen LogP contribution in [0.3, 0.4) is 0 Å². The lowest BCUT2D eigenvalue weighted by Gasteiger charge is -2.19. The summed E-state index contributed by atoms with van der Waals surface area (Å²) in [7, 11) is 1.41. The van der Waals surface area contributed by atoms with Gasteiger partial charge in [0.15, 0.2) is 6.10 Å². The number of nitrogens with one attached hydrogen (secondary N) is 1. The van der Waals surface area contributed by atoms with Crippen LogP contribution in [0.2, 0.25) is 0 Å². The van der Waals surface area contributed by atoms with E-state index < -0.39 is 29.7 Å². The van der Waals surface area contributed by atoms with Crippen LogP contribution in [-0.4, -0.2) is 30.2 Å². The van der Waals surface area contributed by atoms with Crippen molar-refractivity contribution in [3.05, 3.63) is 83.4 Å². The molecule has 0 aliphatic heterocycles. The van der Waals surface area contributed by atoms with Crippen LogP contribution in [0.5, 0.6) is 11.5 Å². The Morgan fingerprint density at radius 2 is 1.71 bits per heavy atom. The number of hydrogen-bond acceptors (Lipinski definition) is 4. The molecular weight excluding hydrogens is 463 g/mol. The molecule has 0 saturated heterocycles. The zero-order chi connectivity index (χ0) is 25.6. The fraction of sp³-hybridized carbons (Fsp3) is 0.231. The minimum atomic E-state index is -4.59. The van der Waals surface area contributed by atoms with Crippen molar-refractivity contribution in [2.24, 2.45) is 0 Å². The summed E-state index contributed by atoms with van der Waals surface area (Å²) in [5.41, 5.74) is 0.551. The number of alkyl halides is 3. The third-order valence-electron chi connectivity index (χ3n) is 5.22. The van der Waals surface area contributed by atoms with Gasteiger partial charge in [0, 0.05) is 12.1 Å². The molecule has 0 aliphatic carbocycles. The summed E-state index contributed by atoms with van der Waals surface area (Å²) >= 11 is 0. The lowest BCUT2D eigenvalue weighted by atomic mass is 9.94. The fourth-order valence-corrected chi connectivity index (χ4v) is 3.51. The Morgan fingerprint density at radius 3 is 2.34 bits per heavy atom. The summed E-state index contributed by atoms with van der Waals surface area (Å²) in [5.74, 6) is -0.723. The number of benzene rings is 3. The topological polar surface area (TPSA) is 84.9 Å². The molecule has 0 heterocycles. The second kappa shape index (κ2) is 10.9. The predicted molar refractivity (Wildman–Crippen MR) is 123 cm³/mol. The maximum Gasteiger partial charge on any atom is 0.416 e. The number of halogens is 3. The third kappa shape index (κ3) is 6.75. The van der Waals surface area contributed by atoms with Gasteiger partial charge in [-0.2, -0.15) is 13.2 Å². The first-order valence-electron chi connectivity index (χ1n) is 10.7. The Balaban J connectivity index is 1.93. The first kappa shape index (κ1) is 25.6. The minimum absolute atomic E-state index is 0.186.